The van der Waals surface area contributed by atoms with Gasteiger partial charge in [0.15, 0.2) is 29.4 Å². The molecular formula is C42H45FO3S2Sb. The van der Waals surface area contributed by atoms with Gasteiger partial charge in [0.25, 0.3) is 0 Å². The van der Waals surface area contributed by atoms with Crippen molar-refractivity contribution in [3.8, 4) is 0 Å². The van der Waals surface area contributed by atoms with Gasteiger partial charge in [0.05, 0.1) is 21.8 Å². The fourth-order valence-corrected chi connectivity index (χ4v) is 8.86. The van der Waals surface area contributed by atoms with Gasteiger partial charge in [-0.15, -0.1) is 0 Å². The van der Waals surface area contributed by atoms with Crippen LogP contribution < -0.4 is 6.77 Å². The molecule has 255 valence electrons. The van der Waals surface area contributed by atoms with Gasteiger partial charge in [-0.3, -0.25) is 4.70 Å². The quantitative estimate of drug-likeness (QED) is 0.0832. The van der Waals surface area contributed by atoms with Gasteiger partial charge in [-0.1, -0.05) is 149 Å². The number of halogens is 1. The molecule has 3 nitrogen and oxygen atoms in total. The third-order valence-electron chi connectivity index (χ3n) is 6.83. The molecule has 0 aliphatic carbocycles. The van der Waals surface area contributed by atoms with Crippen LogP contribution in [-0.4, -0.2) is 21.0 Å². The Morgan fingerprint density at radius 3 is 0.653 bits per heavy atom. The van der Waals surface area contributed by atoms with Crippen LogP contribution in [0.15, 0.2) is 211 Å². The summed E-state index contributed by atoms with van der Waals surface area (Å²) in [5.74, 6) is 0. The van der Waals surface area contributed by atoms with Crippen LogP contribution in [0.5, 0.6) is 0 Å². The van der Waals surface area contributed by atoms with Crippen LogP contribution in [0.1, 0.15) is 39.5 Å². The third kappa shape index (κ3) is 15.7. The summed E-state index contributed by atoms with van der Waals surface area (Å²) in [7, 11) is -0.0293. The van der Waals surface area contributed by atoms with Crippen molar-refractivity contribution < 1.29 is 14.5 Å². The molecule has 0 fully saturated rings. The Balaban J connectivity index is 0.000000264. The first kappa shape index (κ1) is 41.7. The molecule has 6 rings (SSSR count). The zero-order valence-electron chi connectivity index (χ0n) is 28.0. The maximum absolute atomic E-state index is 8.60. The molecule has 0 spiro atoms. The maximum Gasteiger partial charge on any atom is 0.166 e. The minimum Gasteiger partial charge on any atom is -0.0619 e. The molecule has 0 aliphatic heterocycles. The van der Waals surface area contributed by atoms with Crippen LogP contribution in [0, 0.1) is 0 Å². The predicted molar refractivity (Wildman–Crippen MR) is 202 cm³/mol. The first-order valence-corrected chi connectivity index (χ1v) is 21.7. The molecule has 1 radical (unpaired) electrons. The molecular weight excluding hydrogens is 757 g/mol. The molecule has 0 heterocycles. The Kier molecular flexibility index (Phi) is 21.6. The van der Waals surface area contributed by atoms with E-state index in [9.17, 15) is 0 Å². The minimum atomic E-state index is -4.20. The van der Waals surface area contributed by atoms with Crippen molar-refractivity contribution in [2.75, 3.05) is 0 Å². The van der Waals surface area contributed by atoms with E-state index < -0.39 is 21.0 Å². The van der Waals surface area contributed by atoms with E-state index in [1.165, 1.54) is 55.1 Å². The van der Waals surface area contributed by atoms with E-state index >= 15 is 0 Å². The largest absolute Gasteiger partial charge is 0.166 e. The second-order valence-corrected chi connectivity index (χ2v) is 15.8. The van der Waals surface area contributed by atoms with Gasteiger partial charge < -0.3 is 0 Å². The van der Waals surface area contributed by atoms with Crippen LogP contribution in [0.2, 0.25) is 0 Å². The topological polar surface area (TPSA) is 63.2 Å². The molecule has 0 amide bonds. The normalized spacial score (nSPS) is 9.84. The second kappa shape index (κ2) is 25.5. The first-order valence-electron chi connectivity index (χ1n) is 16.2. The molecule has 49 heavy (non-hydrogen) atoms. The molecule has 0 bridgehead atoms. The van der Waals surface area contributed by atoms with Crippen molar-refractivity contribution in [2.24, 2.45) is 0 Å². The zero-order chi connectivity index (χ0) is 34.2. The van der Waals surface area contributed by atoms with Crippen LogP contribution >= 0.6 is 0 Å². The summed E-state index contributed by atoms with van der Waals surface area (Å²) >= 11 is -4.20. The summed E-state index contributed by atoms with van der Waals surface area (Å²) in [6.45, 7) is 4.46. The van der Waals surface area contributed by atoms with Crippen molar-refractivity contribution in [1.29, 1.82) is 0 Å². The number of rotatable bonds is 9. The molecule has 0 atom stereocenters. The molecule has 6 aromatic carbocycles. The molecule has 0 aliphatic rings. The maximum atomic E-state index is 8.60. The zero-order valence-corrected chi connectivity index (χ0v) is 32.2. The SMILES string of the molecule is CCCCCC.F.[O]=[Sb]([O-])[O-].c1ccc([S+](c2ccccc2)c2ccccc2)cc1.c1ccc([S+](c2ccccc2)c2ccccc2)cc1. The summed E-state index contributed by atoms with van der Waals surface area (Å²) in [5, 5.41) is 0. The Labute approximate surface area is 306 Å². The van der Waals surface area contributed by atoms with Gasteiger partial charge in [-0.2, -0.15) is 0 Å². The van der Waals surface area contributed by atoms with Crippen molar-refractivity contribution in [1.82, 2.24) is 0 Å². The number of hydrogen-bond acceptors (Lipinski definition) is 3. The molecule has 7 heteroatoms. The summed E-state index contributed by atoms with van der Waals surface area (Å²) in [6, 6.07) is 64.3. The minimum absolute atomic E-state index is 0. The van der Waals surface area contributed by atoms with Crippen molar-refractivity contribution in [3.63, 3.8) is 0 Å². The molecule has 0 N–H and O–H groups in total. The third-order valence-corrected chi connectivity index (χ3v) is 11.3. The van der Waals surface area contributed by atoms with Crippen LogP contribution in [0.4, 0.5) is 4.70 Å². The van der Waals surface area contributed by atoms with E-state index in [-0.39, 0.29) is 26.5 Å². The van der Waals surface area contributed by atoms with Crippen molar-refractivity contribution in [3.05, 3.63) is 182 Å². The fraction of sp³-hybridized carbons (Fsp3) is 0.143. The van der Waals surface area contributed by atoms with E-state index in [0.717, 1.165) is 0 Å². The molecule has 6 aromatic rings. The van der Waals surface area contributed by atoms with Gasteiger partial charge in [-0.05, 0) is 72.8 Å². The van der Waals surface area contributed by atoms with E-state index in [1.54, 1.807) is 0 Å². The smallest absolute Gasteiger partial charge is 0.0619 e. The van der Waals surface area contributed by atoms with E-state index in [1.807, 2.05) is 0 Å². The van der Waals surface area contributed by atoms with Gasteiger partial charge in [0, 0.05) is 0 Å². The Morgan fingerprint density at radius 1 is 0.388 bits per heavy atom. The van der Waals surface area contributed by atoms with Crippen LogP contribution in [0.25, 0.3) is 0 Å². The Hall–Kier alpha value is -3.51. The fourth-order valence-electron chi connectivity index (χ4n) is 4.66. The summed E-state index contributed by atoms with van der Waals surface area (Å²) in [6.07, 6.45) is 5.54. The molecule has 0 unspecified atom stereocenters. The van der Waals surface area contributed by atoms with Crippen LogP contribution in [0.3, 0.4) is 0 Å². The molecule has 0 saturated carbocycles. The Morgan fingerprint density at radius 2 is 0.531 bits per heavy atom. The van der Waals surface area contributed by atoms with Crippen LogP contribution in [-0.2, 0) is 24.8 Å². The number of unbranched alkanes of at least 4 members (excludes halogenated alkanes) is 3. The molecule has 0 saturated heterocycles. The van der Waals surface area contributed by atoms with E-state index in [4.69, 9.17) is 9.79 Å². The number of hydrogen-bond donors (Lipinski definition) is 0. The number of benzene rings is 6. The summed E-state index contributed by atoms with van der Waals surface area (Å²) < 4.78 is 25.8. The van der Waals surface area contributed by atoms with Gasteiger partial charge in [0.1, 0.15) is 0 Å². The Bertz CT molecular complexity index is 1350. The summed E-state index contributed by atoms with van der Waals surface area (Å²) in [4.78, 5) is 8.17. The average Bonchev–Trinajstić information content (AvgIpc) is 3.14. The first-order chi connectivity index (χ1) is 23.5. The van der Waals surface area contributed by atoms with Gasteiger partial charge >= 0.3 is 30.8 Å². The van der Waals surface area contributed by atoms with Crippen molar-refractivity contribution in [2.45, 2.75) is 68.9 Å². The van der Waals surface area contributed by atoms with Gasteiger partial charge in [-0.25, -0.2) is 0 Å². The van der Waals surface area contributed by atoms with E-state index in [0.29, 0.717) is 0 Å². The monoisotopic (exact) mass is 801 g/mol. The predicted octanol–water partition coefficient (Wildman–Crippen LogP) is 9.43. The standard InChI is InChI=1S/2C18H15S.C6H14.FH.3O.Sb/c2*1-4-10-16(11-5-1)19(17-12-6-2-7-13-17)18-14-8-3-9-15-18;1-3-5-6-4-2;;;;;/h2*1-15H;3-6H2,1-2H3;1H;;;;/q2*+1;;;;2*-1;. The summed E-state index contributed by atoms with van der Waals surface area (Å²) in [5.41, 5.74) is 0. The van der Waals surface area contributed by atoms with E-state index in [2.05, 4.69) is 196 Å². The van der Waals surface area contributed by atoms with Crippen molar-refractivity contribution >= 4 is 42.8 Å². The molecule has 0 aromatic heterocycles. The average molecular weight is 803 g/mol. The second-order valence-electron chi connectivity index (χ2n) is 10.4. The van der Waals surface area contributed by atoms with Gasteiger partial charge in [0.2, 0.25) is 0 Å².